The van der Waals surface area contributed by atoms with E-state index in [0.29, 0.717) is 8.68 Å². The Hall–Kier alpha value is -0.430. The van der Waals surface area contributed by atoms with Crippen molar-refractivity contribution >= 4 is 37.3 Å². The largest absolute Gasteiger partial charge is 0.254 e. The number of thiophene rings is 1. The molecule has 0 unspecified atom stereocenters. The Kier molecular flexibility index (Phi) is 4.91. The molecule has 3 nitrogen and oxygen atoms in total. The zero-order valence-electron chi connectivity index (χ0n) is 8.60. The summed E-state index contributed by atoms with van der Waals surface area (Å²) in [7, 11) is -3.45. The fourth-order valence-corrected chi connectivity index (χ4v) is 4.97. The summed E-state index contributed by atoms with van der Waals surface area (Å²) < 4.78 is 26.6. The minimum absolute atomic E-state index is 0.276. The van der Waals surface area contributed by atoms with Gasteiger partial charge in [0.15, 0.2) is 0 Å². The Bertz CT molecular complexity index is 469. The van der Waals surface area contributed by atoms with E-state index < -0.39 is 10.0 Å². The van der Waals surface area contributed by atoms with Crippen LogP contribution >= 0.6 is 27.3 Å². The van der Waals surface area contributed by atoms with Crippen molar-refractivity contribution in [2.45, 2.75) is 4.21 Å². The number of hydrogen-bond acceptors (Lipinski definition) is 3. The summed E-state index contributed by atoms with van der Waals surface area (Å²) in [6.45, 7) is 7.66. The third-order valence-electron chi connectivity index (χ3n) is 1.82. The number of halogens is 1. The number of nitrogens with zero attached hydrogens (tertiary/aromatic N) is 1. The van der Waals surface area contributed by atoms with Gasteiger partial charge in [-0.05, 0) is 27.4 Å². The molecule has 6 heteroatoms. The summed E-state index contributed by atoms with van der Waals surface area (Å²) >= 11 is 4.42. The maximum absolute atomic E-state index is 12.2. The van der Waals surface area contributed by atoms with Crippen molar-refractivity contribution in [2.75, 3.05) is 13.1 Å². The molecule has 1 aromatic heterocycles. The van der Waals surface area contributed by atoms with Crippen LogP contribution in [0.25, 0.3) is 0 Å². The molecule has 0 bridgehead atoms. The second-order valence-electron chi connectivity index (χ2n) is 2.96. The van der Waals surface area contributed by atoms with Crippen LogP contribution < -0.4 is 0 Å². The molecule has 0 aliphatic rings. The first-order valence-corrected chi connectivity index (χ1v) is 7.60. The van der Waals surface area contributed by atoms with Crippen molar-refractivity contribution in [3.63, 3.8) is 0 Å². The van der Waals surface area contributed by atoms with Crippen molar-refractivity contribution in [3.05, 3.63) is 41.2 Å². The van der Waals surface area contributed by atoms with E-state index in [2.05, 4.69) is 29.1 Å². The van der Waals surface area contributed by atoms with Gasteiger partial charge in [0.1, 0.15) is 4.21 Å². The van der Waals surface area contributed by atoms with E-state index in [1.807, 2.05) is 0 Å². The van der Waals surface area contributed by atoms with Crippen LogP contribution in [0, 0.1) is 0 Å². The molecule has 0 fully saturated rings. The normalized spacial score (nSPS) is 11.6. The van der Waals surface area contributed by atoms with E-state index in [4.69, 9.17) is 0 Å². The smallest absolute Gasteiger partial charge is 0.206 e. The van der Waals surface area contributed by atoms with Crippen LogP contribution in [0.3, 0.4) is 0 Å². The maximum Gasteiger partial charge on any atom is 0.254 e. The molecule has 0 saturated heterocycles. The number of rotatable bonds is 6. The summed E-state index contributed by atoms with van der Waals surface area (Å²) in [5.41, 5.74) is 0. The molecule has 0 atom stereocenters. The van der Waals surface area contributed by atoms with Crippen molar-refractivity contribution in [2.24, 2.45) is 0 Å². The lowest BCUT2D eigenvalue weighted by Crippen LogP contribution is -2.31. The number of hydrogen-bond donors (Lipinski definition) is 0. The van der Waals surface area contributed by atoms with Crippen molar-refractivity contribution in [1.29, 1.82) is 0 Å². The van der Waals surface area contributed by atoms with Gasteiger partial charge in [-0.3, -0.25) is 0 Å². The zero-order valence-corrected chi connectivity index (χ0v) is 11.8. The van der Waals surface area contributed by atoms with Crippen molar-refractivity contribution in [3.8, 4) is 0 Å². The van der Waals surface area contributed by atoms with Gasteiger partial charge in [-0.1, -0.05) is 12.2 Å². The van der Waals surface area contributed by atoms with E-state index in [0.717, 1.165) is 0 Å². The van der Waals surface area contributed by atoms with Gasteiger partial charge >= 0.3 is 0 Å². The van der Waals surface area contributed by atoms with Crippen LogP contribution in [-0.4, -0.2) is 25.8 Å². The Morgan fingerprint density at radius 2 is 1.94 bits per heavy atom. The predicted molar refractivity (Wildman–Crippen MR) is 71.2 cm³/mol. The Balaban J connectivity index is 3.12. The van der Waals surface area contributed by atoms with Crippen LogP contribution in [0.5, 0.6) is 0 Å². The van der Waals surface area contributed by atoms with E-state index in [-0.39, 0.29) is 13.1 Å². The summed E-state index contributed by atoms with van der Waals surface area (Å²) in [6.07, 6.45) is 3.12. The van der Waals surface area contributed by atoms with Crippen LogP contribution in [-0.2, 0) is 10.0 Å². The molecule has 0 aliphatic carbocycles. The Labute approximate surface area is 108 Å². The van der Waals surface area contributed by atoms with Gasteiger partial charge in [0, 0.05) is 17.6 Å². The molecule has 0 N–H and O–H groups in total. The molecular weight excluding hydrogens is 310 g/mol. The maximum atomic E-state index is 12.2. The van der Waals surface area contributed by atoms with Gasteiger partial charge in [0.2, 0.25) is 0 Å². The first-order chi connectivity index (χ1) is 7.54. The van der Waals surface area contributed by atoms with E-state index in [1.54, 1.807) is 23.6 Å². The quantitative estimate of drug-likeness (QED) is 0.755. The molecule has 0 saturated carbocycles. The molecule has 0 radical (unpaired) electrons. The second-order valence-corrected chi connectivity index (χ2v) is 6.86. The zero-order chi connectivity index (χ0) is 12.2. The average molecular weight is 322 g/mol. The standard InChI is InChI=1S/C10H12BrNO2S2/c1-3-6-12(7-4-2)16(13,14)10-9(11)5-8-15-10/h3-5,8H,1-2,6-7H2. The van der Waals surface area contributed by atoms with Gasteiger partial charge < -0.3 is 0 Å². The van der Waals surface area contributed by atoms with Gasteiger partial charge in [-0.2, -0.15) is 4.31 Å². The molecule has 0 spiro atoms. The van der Waals surface area contributed by atoms with Gasteiger partial charge in [0.05, 0.1) is 0 Å². The molecule has 0 aliphatic heterocycles. The highest BCUT2D eigenvalue weighted by Gasteiger charge is 2.25. The summed E-state index contributed by atoms with van der Waals surface area (Å²) in [5, 5.41) is 1.73. The molecular formula is C10H12BrNO2S2. The third kappa shape index (κ3) is 2.82. The highest BCUT2D eigenvalue weighted by Crippen LogP contribution is 2.30. The summed E-state index contributed by atoms with van der Waals surface area (Å²) in [5.74, 6) is 0. The van der Waals surface area contributed by atoms with Gasteiger partial charge in [0.25, 0.3) is 10.0 Å². The molecule has 1 aromatic rings. The first kappa shape index (κ1) is 13.6. The Morgan fingerprint density at radius 3 is 2.31 bits per heavy atom. The van der Waals surface area contributed by atoms with E-state index in [9.17, 15) is 8.42 Å². The molecule has 0 aromatic carbocycles. The molecule has 0 amide bonds. The molecule has 1 heterocycles. The fraction of sp³-hybridized carbons (Fsp3) is 0.200. The first-order valence-electron chi connectivity index (χ1n) is 4.49. The highest BCUT2D eigenvalue weighted by atomic mass is 79.9. The average Bonchev–Trinajstić information content (AvgIpc) is 2.65. The minimum Gasteiger partial charge on any atom is -0.206 e. The second kappa shape index (κ2) is 5.77. The molecule has 88 valence electrons. The monoisotopic (exact) mass is 321 g/mol. The van der Waals surface area contributed by atoms with Crippen LogP contribution in [0.15, 0.2) is 45.4 Å². The van der Waals surface area contributed by atoms with Crippen molar-refractivity contribution < 1.29 is 8.42 Å². The minimum atomic E-state index is -3.45. The van der Waals surface area contributed by atoms with Crippen molar-refractivity contribution in [1.82, 2.24) is 4.31 Å². The van der Waals surface area contributed by atoms with Crippen LogP contribution in [0.4, 0.5) is 0 Å². The SMILES string of the molecule is C=CCN(CC=C)S(=O)(=O)c1sccc1Br. The Morgan fingerprint density at radius 1 is 1.38 bits per heavy atom. The van der Waals surface area contributed by atoms with Crippen LogP contribution in [0.1, 0.15) is 0 Å². The highest BCUT2D eigenvalue weighted by molar-refractivity contribution is 9.10. The summed E-state index contributed by atoms with van der Waals surface area (Å²) in [4.78, 5) is 0. The fourth-order valence-electron chi connectivity index (χ4n) is 1.14. The lowest BCUT2D eigenvalue weighted by molar-refractivity contribution is 0.476. The number of sulfonamides is 1. The lowest BCUT2D eigenvalue weighted by atomic mass is 10.5. The molecule has 16 heavy (non-hydrogen) atoms. The lowest BCUT2D eigenvalue weighted by Gasteiger charge is -2.18. The molecule has 1 rings (SSSR count). The van der Waals surface area contributed by atoms with Gasteiger partial charge in [-0.25, -0.2) is 8.42 Å². The van der Waals surface area contributed by atoms with E-state index >= 15 is 0 Å². The summed E-state index contributed by atoms with van der Waals surface area (Å²) in [6, 6.07) is 1.72. The van der Waals surface area contributed by atoms with Crippen LogP contribution in [0.2, 0.25) is 0 Å². The van der Waals surface area contributed by atoms with Gasteiger partial charge in [-0.15, -0.1) is 24.5 Å². The third-order valence-corrected chi connectivity index (χ3v) is 6.30. The van der Waals surface area contributed by atoms with E-state index in [1.165, 1.54) is 15.6 Å². The topological polar surface area (TPSA) is 37.4 Å². The predicted octanol–water partition coefficient (Wildman–Crippen LogP) is 2.87.